The number of piperidine rings is 1. The third kappa shape index (κ3) is 4.55. The second-order valence-electron chi connectivity index (χ2n) is 7.94. The highest BCUT2D eigenvalue weighted by molar-refractivity contribution is 7.90. The summed E-state index contributed by atoms with van der Waals surface area (Å²) >= 11 is 0. The van der Waals surface area contributed by atoms with E-state index in [-0.39, 0.29) is 22.6 Å². The minimum Gasteiger partial charge on any atom is -0.353 e. The number of amidine groups is 1. The largest absolute Gasteiger partial charge is 0.353 e. The molecule has 0 radical (unpaired) electrons. The molecule has 7 nitrogen and oxygen atoms in total. The predicted octanol–water partition coefficient (Wildman–Crippen LogP) is 1.74. The van der Waals surface area contributed by atoms with Gasteiger partial charge in [0.15, 0.2) is 0 Å². The number of carbonyl (C=O) groups is 1. The van der Waals surface area contributed by atoms with Gasteiger partial charge in [0.25, 0.3) is 10.0 Å². The third-order valence-electron chi connectivity index (χ3n) is 5.47. The minimum atomic E-state index is -3.61. The van der Waals surface area contributed by atoms with Crippen LogP contribution in [0.1, 0.15) is 45.6 Å². The maximum absolute atomic E-state index is 12.8. The molecule has 154 valence electrons. The highest BCUT2D eigenvalue weighted by Gasteiger charge is 2.32. The summed E-state index contributed by atoms with van der Waals surface area (Å²) in [6.07, 6.45) is 3.68. The van der Waals surface area contributed by atoms with Crippen molar-refractivity contribution in [1.29, 1.82) is 0 Å². The molecule has 1 aromatic carbocycles. The Kier molecular flexibility index (Phi) is 6.40. The smallest absolute Gasteiger partial charge is 0.263 e. The summed E-state index contributed by atoms with van der Waals surface area (Å²) in [7, 11) is -3.61. The summed E-state index contributed by atoms with van der Waals surface area (Å²) in [5, 5.41) is 2.99. The fourth-order valence-electron chi connectivity index (χ4n) is 3.80. The zero-order chi connectivity index (χ0) is 20.3. The van der Waals surface area contributed by atoms with Crippen molar-refractivity contribution in [2.24, 2.45) is 10.9 Å². The van der Waals surface area contributed by atoms with E-state index < -0.39 is 16.1 Å². The van der Waals surface area contributed by atoms with Crippen LogP contribution < -0.4 is 10.0 Å². The van der Waals surface area contributed by atoms with Crippen LogP contribution in [0.3, 0.4) is 0 Å². The Morgan fingerprint density at radius 1 is 1.32 bits per heavy atom. The average molecular weight is 407 g/mol. The van der Waals surface area contributed by atoms with Crippen LogP contribution in [0, 0.1) is 5.92 Å². The molecule has 0 spiro atoms. The van der Waals surface area contributed by atoms with E-state index in [9.17, 15) is 13.2 Å². The van der Waals surface area contributed by atoms with Crippen LogP contribution in [0.4, 0.5) is 0 Å². The Bertz CT molecular complexity index is 851. The molecule has 0 saturated carbocycles. The number of nitrogens with zero attached hydrogens (tertiary/aromatic N) is 2. The molecule has 2 N–H and O–H groups in total. The van der Waals surface area contributed by atoms with Gasteiger partial charge in [-0.3, -0.25) is 19.4 Å². The molecule has 0 bridgehead atoms. The van der Waals surface area contributed by atoms with Gasteiger partial charge in [0.05, 0.1) is 4.90 Å². The average Bonchev–Trinajstić information content (AvgIpc) is 2.91. The van der Waals surface area contributed by atoms with E-state index in [1.165, 1.54) is 19.3 Å². The molecule has 1 fully saturated rings. The number of likely N-dealkylation sites (tertiary alicyclic amines) is 1. The molecule has 8 heteroatoms. The van der Waals surface area contributed by atoms with Gasteiger partial charge < -0.3 is 5.32 Å². The minimum absolute atomic E-state index is 0.0568. The molecule has 1 saturated heterocycles. The molecule has 0 aliphatic carbocycles. The van der Waals surface area contributed by atoms with Crippen LogP contribution in [0.25, 0.3) is 0 Å². The summed E-state index contributed by atoms with van der Waals surface area (Å²) in [4.78, 5) is 19.9. The van der Waals surface area contributed by atoms with Crippen LogP contribution in [0.15, 0.2) is 34.2 Å². The molecule has 1 amide bonds. The van der Waals surface area contributed by atoms with E-state index in [0.717, 1.165) is 13.1 Å². The summed E-state index contributed by atoms with van der Waals surface area (Å²) in [5.41, 5.74) is 0.517. The molecule has 0 aromatic heterocycles. The lowest BCUT2D eigenvalue weighted by molar-refractivity contribution is -0.123. The zero-order valence-electron chi connectivity index (χ0n) is 16.8. The lowest BCUT2D eigenvalue weighted by Crippen LogP contribution is -2.45. The molecule has 28 heavy (non-hydrogen) atoms. The fourth-order valence-corrected chi connectivity index (χ4v) is 5.04. The molecule has 2 atom stereocenters. The third-order valence-corrected chi connectivity index (χ3v) is 6.87. The molecule has 2 heterocycles. The number of hydrogen-bond acceptors (Lipinski definition) is 5. The Labute approximate surface area is 167 Å². The first-order chi connectivity index (χ1) is 13.3. The van der Waals surface area contributed by atoms with Crippen molar-refractivity contribution in [3.63, 3.8) is 0 Å². The van der Waals surface area contributed by atoms with Crippen molar-refractivity contribution in [3.8, 4) is 0 Å². The topological polar surface area (TPSA) is 90.9 Å². The number of carbonyl (C=O) groups excluding carboxylic acids is 1. The molecule has 2 aliphatic rings. The summed E-state index contributed by atoms with van der Waals surface area (Å²) in [6, 6.07) is 6.60. The molecule has 1 unspecified atom stereocenters. The monoisotopic (exact) mass is 406 g/mol. The van der Waals surface area contributed by atoms with Gasteiger partial charge in [0.1, 0.15) is 11.9 Å². The van der Waals surface area contributed by atoms with Crippen LogP contribution >= 0.6 is 0 Å². The van der Waals surface area contributed by atoms with Crippen LogP contribution in [0.5, 0.6) is 0 Å². The van der Waals surface area contributed by atoms with Gasteiger partial charge in [0.2, 0.25) is 5.91 Å². The number of fused-ring (bicyclic) bond motifs is 1. The number of amides is 1. The summed E-state index contributed by atoms with van der Waals surface area (Å²) < 4.78 is 27.0. The first-order valence-corrected chi connectivity index (χ1v) is 11.5. The van der Waals surface area contributed by atoms with Crippen LogP contribution in [-0.2, 0) is 14.8 Å². The van der Waals surface area contributed by atoms with Gasteiger partial charge in [0, 0.05) is 24.7 Å². The second-order valence-corrected chi connectivity index (χ2v) is 9.59. The van der Waals surface area contributed by atoms with Gasteiger partial charge in [-0.1, -0.05) is 32.4 Å². The molecule has 2 aliphatic heterocycles. The van der Waals surface area contributed by atoms with Crippen molar-refractivity contribution in [1.82, 2.24) is 14.9 Å². The SMILES string of the molecule is CC(C)[C@H](N=C1NS(=O)(=O)c2ccccc21)C(=O)NCCN1CCCCC1C. The zero-order valence-corrected chi connectivity index (χ0v) is 17.6. The number of nitrogens with one attached hydrogen (secondary N) is 2. The number of hydrogen-bond donors (Lipinski definition) is 2. The van der Waals surface area contributed by atoms with E-state index >= 15 is 0 Å². The van der Waals surface area contributed by atoms with Gasteiger partial charge >= 0.3 is 0 Å². The molecular weight excluding hydrogens is 376 g/mol. The van der Waals surface area contributed by atoms with Gasteiger partial charge in [-0.05, 0) is 44.4 Å². The maximum atomic E-state index is 12.8. The van der Waals surface area contributed by atoms with Gasteiger partial charge in [-0.15, -0.1) is 0 Å². The first-order valence-electron chi connectivity index (χ1n) is 10.0. The second kappa shape index (κ2) is 8.61. The van der Waals surface area contributed by atoms with Crippen LogP contribution in [0.2, 0.25) is 0 Å². The number of rotatable bonds is 6. The number of benzene rings is 1. The Morgan fingerprint density at radius 3 is 2.79 bits per heavy atom. The predicted molar refractivity (Wildman–Crippen MR) is 110 cm³/mol. The highest BCUT2D eigenvalue weighted by atomic mass is 32.2. The van der Waals surface area contributed by atoms with E-state index in [1.54, 1.807) is 24.3 Å². The molecular formula is C20H30N4O3S. The highest BCUT2D eigenvalue weighted by Crippen LogP contribution is 2.23. The quantitative estimate of drug-likeness (QED) is 0.753. The van der Waals surface area contributed by atoms with E-state index in [1.807, 2.05) is 13.8 Å². The first kappa shape index (κ1) is 20.8. The summed E-state index contributed by atoms with van der Waals surface area (Å²) in [5.74, 6) is 0.0171. The van der Waals surface area contributed by atoms with Gasteiger partial charge in [-0.25, -0.2) is 8.42 Å². The molecule has 3 rings (SSSR count). The fraction of sp³-hybridized carbons (Fsp3) is 0.600. The number of aliphatic imine (C=N–C) groups is 1. The Hall–Kier alpha value is -1.93. The van der Waals surface area contributed by atoms with Crippen molar-refractivity contribution in [2.45, 2.75) is 57.0 Å². The lowest BCUT2D eigenvalue weighted by atomic mass is 10.0. The standard InChI is InChI=1S/C20H30N4O3S/c1-14(2)18(20(25)21-11-13-24-12-7-6-8-15(24)3)22-19-16-9-4-5-10-17(16)28(26,27)23-19/h4-5,9-10,14-15,18H,6-8,11-13H2,1-3H3,(H,21,25)(H,22,23)/t15?,18-/m0/s1. The number of sulfonamides is 1. The van der Waals surface area contributed by atoms with E-state index in [4.69, 9.17) is 0 Å². The Morgan fingerprint density at radius 2 is 2.07 bits per heavy atom. The normalized spacial score (nSPS) is 24.0. The van der Waals surface area contributed by atoms with Gasteiger partial charge in [-0.2, -0.15) is 0 Å². The lowest BCUT2D eigenvalue weighted by Gasteiger charge is -2.33. The van der Waals surface area contributed by atoms with Crippen molar-refractivity contribution in [3.05, 3.63) is 29.8 Å². The van der Waals surface area contributed by atoms with E-state index in [2.05, 4.69) is 26.9 Å². The molecule has 1 aromatic rings. The van der Waals surface area contributed by atoms with Crippen LogP contribution in [-0.4, -0.2) is 56.8 Å². The summed E-state index contributed by atoms with van der Waals surface area (Å²) in [6.45, 7) is 8.52. The van der Waals surface area contributed by atoms with E-state index in [0.29, 0.717) is 18.2 Å². The Balaban J connectivity index is 1.68. The van der Waals surface area contributed by atoms with Crippen molar-refractivity contribution in [2.75, 3.05) is 19.6 Å². The maximum Gasteiger partial charge on any atom is 0.263 e. The van der Waals surface area contributed by atoms with Crippen molar-refractivity contribution >= 4 is 21.8 Å². The van der Waals surface area contributed by atoms with Crippen molar-refractivity contribution < 1.29 is 13.2 Å².